The van der Waals surface area contributed by atoms with Gasteiger partial charge in [-0.2, -0.15) is 0 Å². The van der Waals surface area contributed by atoms with Gasteiger partial charge < -0.3 is 25.2 Å². The lowest BCUT2D eigenvalue weighted by molar-refractivity contribution is -0.136. The van der Waals surface area contributed by atoms with Crippen LogP contribution in [-0.4, -0.2) is 37.0 Å². The van der Waals surface area contributed by atoms with Crippen LogP contribution in [-0.2, 0) is 10.2 Å². The number of carbonyl (C=O) groups is 2. The maximum atomic E-state index is 12.0. The van der Waals surface area contributed by atoms with Crippen LogP contribution in [0.4, 0.5) is 4.79 Å². The number of ether oxygens (including phenoxy) is 2. The Balaban J connectivity index is 1.67. The molecule has 1 heterocycles. The lowest BCUT2D eigenvalue weighted by atomic mass is 9.69. The van der Waals surface area contributed by atoms with Crippen LogP contribution in [0.15, 0.2) is 18.2 Å². The fourth-order valence-electron chi connectivity index (χ4n) is 3.62. The van der Waals surface area contributed by atoms with Crippen LogP contribution in [0.2, 0.25) is 0 Å². The van der Waals surface area contributed by atoms with Crippen molar-refractivity contribution in [3.05, 3.63) is 23.8 Å². The van der Waals surface area contributed by atoms with Crippen LogP contribution in [0, 0.1) is 0 Å². The third kappa shape index (κ3) is 4.15. The number of hydrogen-bond donors (Lipinski definition) is 3. The lowest BCUT2D eigenvalue weighted by Gasteiger charge is -2.38. The molecule has 25 heavy (non-hydrogen) atoms. The van der Waals surface area contributed by atoms with E-state index in [9.17, 15) is 9.59 Å². The average Bonchev–Trinajstić information content (AvgIpc) is 3.08. The Morgan fingerprint density at radius 2 is 1.84 bits per heavy atom. The second kappa shape index (κ2) is 7.63. The van der Waals surface area contributed by atoms with Crippen LogP contribution in [0.3, 0.4) is 0 Å². The van der Waals surface area contributed by atoms with Crippen LogP contribution in [0.5, 0.6) is 11.5 Å². The predicted octanol–water partition coefficient (Wildman–Crippen LogP) is 2.39. The van der Waals surface area contributed by atoms with Gasteiger partial charge in [-0.15, -0.1) is 0 Å². The molecule has 0 radical (unpaired) electrons. The van der Waals surface area contributed by atoms with Crippen LogP contribution in [0.1, 0.15) is 44.1 Å². The Hall–Kier alpha value is -2.44. The lowest BCUT2D eigenvalue weighted by Crippen LogP contribution is -2.46. The second-order valence-electron chi connectivity index (χ2n) is 6.66. The van der Waals surface area contributed by atoms with Gasteiger partial charge in [-0.25, -0.2) is 4.79 Å². The third-order valence-corrected chi connectivity index (χ3v) is 5.01. The molecule has 2 amide bonds. The molecule has 1 aliphatic heterocycles. The van der Waals surface area contributed by atoms with Crippen LogP contribution >= 0.6 is 0 Å². The number of carboxylic acid groups (broad SMARTS) is 1. The maximum Gasteiger partial charge on any atom is 0.314 e. The quantitative estimate of drug-likeness (QED) is 0.733. The Bertz CT molecular complexity index is 640. The van der Waals surface area contributed by atoms with E-state index in [0.29, 0.717) is 6.54 Å². The predicted molar refractivity (Wildman–Crippen MR) is 91.0 cm³/mol. The van der Waals surface area contributed by atoms with Gasteiger partial charge in [0, 0.05) is 18.5 Å². The van der Waals surface area contributed by atoms with Crippen molar-refractivity contribution in [2.75, 3.05) is 19.9 Å². The van der Waals surface area contributed by atoms with Gasteiger partial charge in [0.05, 0.1) is 6.42 Å². The number of carbonyl (C=O) groups excluding carboxylic acids is 1. The molecule has 1 fully saturated rings. The summed E-state index contributed by atoms with van der Waals surface area (Å²) in [6, 6.07) is 5.69. The summed E-state index contributed by atoms with van der Waals surface area (Å²) in [5, 5.41) is 14.1. The Kier molecular flexibility index (Phi) is 5.31. The minimum atomic E-state index is -0.926. The van der Waals surface area contributed by atoms with Crippen LogP contribution in [0.25, 0.3) is 0 Å². The zero-order valence-corrected chi connectivity index (χ0v) is 14.2. The van der Waals surface area contributed by atoms with Crippen LogP contribution < -0.4 is 20.1 Å². The molecule has 7 heteroatoms. The van der Waals surface area contributed by atoms with Crippen molar-refractivity contribution < 1.29 is 24.2 Å². The van der Waals surface area contributed by atoms with Gasteiger partial charge in [-0.1, -0.05) is 25.3 Å². The molecule has 1 aromatic carbocycles. The number of hydrogen-bond acceptors (Lipinski definition) is 4. The number of fused-ring (bicyclic) bond motifs is 1. The minimum Gasteiger partial charge on any atom is -0.481 e. The van der Waals surface area contributed by atoms with Gasteiger partial charge in [0.2, 0.25) is 6.79 Å². The van der Waals surface area contributed by atoms with Gasteiger partial charge in [0.15, 0.2) is 11.5 Å². The number of urea groups is 1. The van der Waals surface area contributed by atoms with Crippen molar-refractivity contribution >= 4 is 12.0 Å². The average molecular weight is 348 g/mol. The first-order chi connectivity index (χ1) is 12.1. The van der Waals surface area contributed by atoms with Gasteiger partial charge in [0.1, 0.15) is 0 Å². The van der Waals surface area contributed by atoms with Crippen molar-refractivity contribution in [3.8, 4) is 11.5 Å². The van der Waals surface area contributed by atoms with E-state index < -0.39 is 5.97 Å². The standard InChI is InChI=1S/C18H24N2O5/c21-16(22)6-9-19-17(23)20-11-18(7-2-1-3-8-18)13-4-5-14-15(10-13)25-12-24-14/h4-5,10H,1-3,6-9,11-12H2,(H,21,22)(H2,19,20,23). The zero-order chi connectivity index (χ0) is 17.7. The number of benzene rings is 1. The van der Waals surface area contributed by atoms with Crippen molar-refractivity contribution in [1.82, 2.24) is 10.6 Å². The van der Waals surface area contributed by atoms with E-state index in [4.69, 9.17) is 14.6 Å². The molecule has 136 valence electrons. The van der Waals surface area contributed by atoms with Gasteiger partial charge in [-0.05, 0) is 30.5 Å². The number of rotatable bonds is 6. The molecule has 3 rings (SSSR count). The summed E-state index contributed by atoms with van der Waals surface area (Å²) in [6.45, 7) is 0.889. The number of aliphatic carboxylic acids is 1. The molecule has 0 bridgehead atoms. The first kappa shape index (κ1) is 17.4. The molecule has 0 saturated heterocycles. The summed E-state index contributed by atoms with van der Waals surface area (Å²) < 4.78 is 10.9. The molecule has 0 unspecified atom stereocenters. The zero-order valence-electron chi connectivity index (χ0n) is 14.2. The highest BCUT2D eigenvalue weighted by molar-refractivity contribution is 5.75. The van der Waals surface area contributed by atoms with E-state index in [-0.39, 0.29) is 31.2 Å². The topological polar surface area (TPSA) is 96.9 Å². The van der Waals surface area contributed by atoms with E-state index >= 15 is 0 Å². The summed E-state index contributed by atoms with van der Waals surface area (Å²) >= 11 is 0. The number of amides is 2. The van der Waals surface area contributed by atoms with E-state index in [0.717, 1.165) is 42.7 Å². The highest BCUT2D eigenvalue weighted by Crippen LogP contribution is 2.43. The highest BCUT2D eigenvalue weighted by atomic mass is 16.7. The van der Waals surface area contributed by atoms with Gasteiger partial charge in [-0.3, -0.25) is 4.79 Å². The fraction of sp³-hybridized carbons (Fsp3) is 0.556. The second-order valence-corrected chi connectivity index (χ2v) is 6.66. The largest absolute Gasteiger partial charge is 0.481 e. The Morgan fingerprint density at radius 3 is 2.60 bits per heavy atom. The molecular weight excluding hydrogens is 324 g/mol. The number of nitrogens with one attached hydrogen (secondary N) is 2. The molecule has 3 N–H and O–H groups in total. The first-order valence-corrected chi connectivity index (χ1v) is 8.73. The summed E-state index contributed by atoms with van der Waals surface area (Å²) in [5.74, 6) is 0.590. The molecular formula is C18H24N2O5. The Morgan fingerprint density at radius 1 is 1.08 bits per heavy atom. The van der Waals surface area contributed by atoms with Gasteiger partial charge in [0.25, 0.3) is 0 Å². The van der Waals surface area contributed by atoms with E-state index in [1.165, 1.54) is 6.42 Å². The summed E-state index contributed by atoms with van der Waals surface area (Å²) in [6.07, 6.45) is 5.37. The number of carboxylic acids is 1. The summed E-state index contributed by atoms with van der Waals surface area (Å²) in [4.78, 5) is 22.5. The smallest absolute Gasteiger partial charge is 0.314 e. The summed E-state index contributed by atoms with van der Waals surface area (Å²) in [7, 11) is 0. The molecule has 0 aromatic heterocycles. The monoisotopic (exact) mass is 348 g/mol. The molecule has 0 atom stereocenters. The van der Waals surface area contributed by atoms with Crippen molar-refractivity contribution in [2.45, 2.75) is 43.9 Å². The fourth-order valence-corrected chi connectivity index (χ4v) is 3.62. The molecule has 1 saturated carbocycles. The summed E-state index contributed by atoms with van der Waals surface area (Å²) in [5.41, 5.74) is 1.03. The Labute approximate surface area is 146 Å². The van der Waals surface area contributed by atoms with E-state index in [1.54, 1.807) is 0 Å². The molecule has 1 aromatic rings. The SMILES string of the molecule is O=C(O)CCNC(=O)NCC1(c2ccc3c(c2)OCO3)CCCCC1. The van der Waals surface area contributed by atoms with E-state index in [1.807, 2.05) is 12.1 Å². The highest BCUT2D eigenvalue weighted by Gasteiger charge is 2.35. The molecule has 0 spiro atoms. The molecule has 2 aliphatic rings. The minimum absolute atomic E-state index is 0.0826. The first-order valence-electron chi connectivity index (χ1n) is 8.73. The third-order valence-electron chi connectivity index (χ3n) is 5.01. The molecule has 1 aliphatic carbocycles. The van der Waals surface area contributed by atoms with Gasteiger partial charge >= 0.3 is 12.0 Å². The maximum absolute atomic E-state index is 12.0. The van der Waals surface area contributed by atoms with E-state index in [2.05, 4.69) is 16.7 Å². The van der Waals surface area contributed by atoms with Crippen molar-refractivity contribution in [1.29, 1.82) is 0 Å². The normalized spacial score (nSPS) is 17.8. The van der Waals surface area contributed by atoms with Crippen molar-refractivity contribution in [2.24, 2.45) is 0 Å². The molecule has 7 nitrogen and oxygen atoms in total. The van der Waals surface area contributed by atoms with Crippen molar-refractivity contribution in [3.63, 3.8) is 0 Å².